The van der Waals surface area contributed by atoms with Crippen LogP contribution in [0.1, 0.15) is 25.0 Å². The summed E-state index contributed by atoms with van der Waals surface area (Å²) in [6, 6.07) is 9.69. The quantitative estimate of drug-likeness (QED) is 0.453. The van der Waals surface area contributed by atoms with E-state index < -0.39 is 9.84 Å². The van der Waals surface area contributed by atoms with Crippen LogP contribution < -0.4 is 9.47 Å². The molecule has 0 aliphatic rings. The van der Waals surface area contributed by atoms with Crippen molar-refractivity contribution < 1.29 is 27.4 Å². The highest BCUT2D eigenvalue weighted by Crippen LogP contribution is 2.16. The van der Waals surface area contributed by atoms with Crippen LogP contribution in [0.5, 0.6) is 11.5 Å². The van der Waals surface area contributed by atoms with Crippen molar-refractivity contribution in [2.45, 2.75) is 30.8 Å². The van der Waals surface area contributed by atoms with Crippen molar-refractivity contribution in [3.05, 3.63) is 48.3 Å². The lowest BCUT2D eigenvalue weighted by Crippen LogP contribution is -2.06. The maximum atomic E-state index is 11.8. The Hall–Kier alpha value is -2.61. The van der Waals surface area contributed by atoms with Crippen LogP contribution in [0.2, 0.25) is 0 Å². The number of pyridine rings is 1. The van der Waals surface area contributed by atoms with Crippen LogP contribution in [-0.2, 0) is 26.0 Å². The lowest BCUT2D eigenvalue weighted by atomic mass is 10.2. The number of hydrogen-bond donors (Lipinski definition) is 0. The molecule has 0 N–H and O–H groups in total. The molecule has 1 aromatic heterocycles. The van der Waals surface area contributed by atoms with Crippen LogP contribution in [0.25, 0.3) is 0 Å². The summed E-state index contributed by atoms with van der Waals surface area (Å²) < 4.78 is 38.6. The van der Waals surface area contributed by atoms with Crippen molar-refractivity contribution in [3.8, 4) is 11.5 Å². The smallest absolute Gasteiger partial charge is 0.306 e. The van der Waals surface area contributed by atoms with E-state index in [1.165, 1.54) is 12.1 Å². The number of unbranched alkanes of at least 4 members (excludes halogenated alkanes) is 1. The fraction of sp³-hybridized carbons (Fsp3) is 0.368. The number of hydrogen-bond acceptors (Lipinski definition) is 7. The Labute approximate surface area is 159 Å². The van der Waals surface area contributed by atoms with Crippen LogP contribution >= 0.6 is 0 Å². The normalized spacial score (nSPS) is 11.0. The zero-order valence-electron chi connectivity index (χ0n) is 15.4. The predicted molar refractivity (Wildman–Crippen MR) is 99.5 cm³/mol. The molecule has 0 amide bonds. The number of nitrogens with zero attached hydrogens (tertiary/aromatic N) is 1. The molecular weight excluding hydrogens is 370 g/mol. The monoisotopic (exact) mass is 393 g/mol. The topological polar surface area (TPSA) is 91.8 Å². The van der Waals surface area contributed by atoms with Gasteiger partial charge in [-0.05, 0) is 43.2 Å². The van der Waals surface area contributed by atoms with Gasteiger partial charge in [0.2, 0.25) is 0 Å². The van der Waals surface area contributed by atoms with E-state index in [1.54, 1.807) is 37.6 Å². The van der Waals surface area contributed by atoms with E-state index in [9.17, 15) is 13.2 Å². The molecule has 7 nitrogen and oxygen atoms in total. The van der Waals surface area contributed by atoms with Crippen molar-refractivity contribution in [2.75, 3.05) is 20.0 Å². The summed E-state index contributed by atoms with van der Waals surface area (Å²) in [5.74, 6) is 0.962. The number of benzene rings is 1. The van der Waals surface area contributed by atoms with Crippen molar-refractivity contribution in [3.63, 3.8) is 0 Å². The molecule has 0 radical (unpaired) electrons. The zero-order chi connectivity index (χ0) is 19.7. The van der Waals surface area contributed by atoms with Crippen molar-refractivity contribution in [1.82, 2.24) is 4.98 Å². The first-order valence-electron chi connectivity index (χ1n) is 8.46. The third-order valence-corrected chi connectivity index (χ3v) is 4.83. The number of rotatable bonds is 10. The number of methoxy groups -OCH3 is 1. The molecule has 0 aliphatic carbocycles. The van der Waals surface area contributed by atoms with Crippen molar-refractivity contribution in [2.24, 2.45) is 0 Å². The van der Waals surface area contributed by atoms with Crippen LogP contribution in [0.4, 0.5) is 0 Å². The summed E-state index contributed by atoms with van der Waals surface area (Å²) >= 11 is 0. The second kappa shape index (κ2) is 9.91. The number of aromatic nitrogens is 1. The Morgan fingerprint density at radius 1 is 1.07 bits per heavy atom. The Bertz CT molecular complexity index is 849. The lowest BCUT2D eigenvalue weighted by Gasteiger charge is -2.07. The number of ether oxygens (including phenoxy) is 3. The molecule has 0 bridgehead atoms. The minimum absolute atomic E-state index is 0.110. The maximum absolute atomic E-state index is 11.8. The molecule has 0 saturated heterocycles. The second-order valence-electron chi connectivity index (χ2n) is 5.90. The van der Waals surface area contributed by atoms with Gasteiger partial charge in [-0.15, -0.1) is 0 Å². The van der Waals surface area contributed by atoms with Gasteiger partial charge in [-0.25, -0.2) is 8.42 Å². The summed E-state index contributed by atoms with van der Waals surface area (Å²) in [5.41, 5.74) is 0.628. The highest BCUT2D eigenvalue weighted by Gasteiger charge is 2.07. The third kappa shape index (κ3) is 7.26. The van der Waals surface area contributed by atoms with Gasteiger partial charge in [-0.1, -0.05) is 0 Å². The van der Waals surface area contributed by atoms with Crippen LogP contribution in [0.3, 0.4) is 0 Å². The van der Waals surface area contributed by atoms with Crippen LogP contribution in [-0.4, -0.2) is 39.3 Å². The minimum atomic E-state index is -3.21. The van der Waals surface area contributed by atoms with Gasteiger partial charge in [-0.3, -0.25) is 9.78 Å². The van der Waals surface area contributed by atoms with E-state index in [4.69, 9.17) is 14.2 Å². The van der Waals surface area contributed by atoms with Gasteiger partial charge >= 0.3 is 5.97 Å². The van der Waals surface area contributed by atoms with Crippen LogP contribution in [0, 0.1) is 0 Å². The molecule has 0 aliphatic heterocycles. The largest absolute Gasteiger partial charge is 0.497 e. The number of carbonyl (C=O) groups excluding carboxylic acids is 1. The molecule has 2 aromatic rings. The molecule has 0 unspecified atom stereocenters. The number of sulfone groups is 1. The molecule has 1 aromatic carbocycles. The summed E-state index contributed by atoms with van der Waals surface area (Å²) in [7, 11) is -1.64. The van der Waals surface area contributed by atoms with Crippen LogP contribution in [0.15, 0.2) is 47.5 Å². The van der Waals surface area contributed by atoms with E-state index in [0.29, 0.717) is 43.1 Å². The molecule has 0 fully saturated rings. The zero-order valence-corrected chi connectivity index (χ0v) is 16.2. The van der Waals surface area contributed by atoms with Gasteiger partial charge < -0.3 is 14.2 Å². The van der Waals surface area contributed by atoms with E-state index in [0.717, 1.165) is 6.26 Å². The van der Waals surface area contributed by atoms with E-state index >= 15 is 0 Å². The standard InChI is InChI=1S/C19H23NO6S/c1-24-17-10-11-20-15(13-17)14-26-19(21)5-3-4-12-25-16-6-8-18(9-7-16)27(2,22)23/h6-11,13H,3-5,12,14H2,1-2H3. The molecule has 27 heavy (non-hydrogen) atoms. The molecule has 0 atom stereocenters. The number of carbonyl (C=O) groups is 1. The Morgan fingerprint density at radius 3 is 2.48 bits per heavy atom. The van der Waals surface area contributed by atoms with Crippen molar-refractivity contribution in [1.29, 1.82) is 0 Å². The minimum Gasteiger partial charge on any atom is -0.497 e. The summed E-state index contributed by atoms with van der Waals surface area (Å²) in [4.78, 5) is 16.1. The van der Waals surface area contributed by atoms with Gasteiger partial charge in [0, 0.05) is 24.9 Å². The molecule has 1 heterocycles. The average Bonchev–Trinajstić information content (AvgIpc) is 2.66. The lowest BCUT2D eigenvalue weighted by molar-refractivity contribution is -0.145. The Kier molecular flexibility index (Phi) is 7.60. The van der Waals surface area contributed by atoms with Gasteiger partial charge in [0.1, 0.15) is 18.1 Å². The Morgan fingerprint density at radius 2 is 1.81 bits per heavy atom. The Balaban J connectivity index is 1.62. The molecule has 0 spiro atoms. The molecule has 2 rings (SSSR count). The summed E-state index contributed by atoms with van der Waals surface area (Å²) in [6.07, 6.45) is 4.36. The second-order valence-corrected chi connectivity index (χ2v) is 7.91. The molecular formula is C19H23NO6S. The summed E-state index contributed by atoms with van der Waals surface area (Å²) in [5, 5.41) is 0. The van der Waals surface area contributed by atoms with Gasteiger partial charge in [0.15, 0.2) is 9.84 Å². The molecule has 8 heteroatoms. The molecule has 146 valence electrons. The van der Waals surface area contributed by atoms with Gasteiger partial charge in [-0.2, -0.15) is 0 Å². The molecule has 0 saturated carbocycles. The van der Waals surface area contributed by atoms with Crippen molar-refractivity contribution >= 4 is 15.8 Å². The first kappa shape index (κ1) is 20.7. The highest BCUT2D eigenvalue weighted by molar-refractivity contribution is 7.90. The fourth-order valence-corrected chi connectivity index (χ4v) is 2.86. The summed E-state index contributed by atoms with van der Waals surface area (Å²) in [6.45, 7) is 0.544. The van der Waals surface area contributed by atoms with Gasteiger partial charge in [0.05, 0.1) is 24.3 Å². The average molecular weight is 393 g/mol. The van der Waals surface area contributed by atoms with E-state index in [2.05, 4.69) is 4.98 Å². The van der Waals surface area contributed by atoms with E-state index in [1.807, 2.05) is 0 Å². The first-order chi connectivity index (χ1) is 12.9. The first-order valence-corrected chi connectivity index (χ1v) is 10.3. The maximum Gasteiger partial charge on any atom is 0.306 e. The SMILES string of the molecule is COc1ccnc(COC(=O)CCCCOc2ccc(S(C)(=O)=O)cc2)c1. The third-order valence-electron chi connectivity index (χ3n) is 3.70. The highest BCUT2D eigenvalue weighted by atomic mass is 32.2. The predicted octanol–water partition coefficient (Wildman–Crippen LogP) is 2.79. The fourth-order valence-electron chi connectivity index (χ4n) is 2.23. The van der Waals surface area contributed by atoms with Gasteiger partial charge in [0.25, 0.3) is 0 Å². The van der Waals surface area contributed by atoms with E-state index in [-0.39, 0.29) is 17.5 Å². The number of esters is 1.